The lowest BCUT2D eigenvalue weighted by molar-refractivity contribution is -0.117. The topological polar surface area (TPSA) is 38.3 Å². The first-order valence-corrected chi connectivity index (χ1v) is 5.77. The standard InChI is InChI=1S/C14H19NO2/c1-10(2)9-17-14-7-5-6-13(8-14)11(3)15-12(4)16/h4-8,10-11H,9H2,1-3H3,(H,15,16). The molecule has 0 saturated carbocycles. The van der Waals surface area contributed by atoms with Crippen molar-refractivity contribution in [3.05, 3.63) is 36.8 Å². The molecule has 0 heterocycles. The number of rotatable bonds is 5. The predicted octanol–water partition coefficient (Wildman–Crippen LogP) is 2.61. The highest BCUT2D eigenvalue weighted by atomic mass is 16.5. The van der Waals surface area contributed by atoms with Crippen molar-refractivity contribution in [2.24, 2.45) is 5.92 Å². The van der Waals surface area contributed by atoms with E-state index >= 15 is 0 Å². The smallest absolute Gasteiger partial charge is 0.225 e. The summed E-state index contributed by atoms with van der Waals surface area (Å²) in [6, 6.07) is 7.55. The second-order valence-corrected chi connectivity index (χ2v) is 4.51. The minimum absolute atomic E-state index is 0.116. The van der Waals surface area contributed by atoms with Gasteiger partial charge in [0, 0.05) is 0 Å². The molecule has 0 bridgehead atoms. The summed E-state index contributed by atoms with van der Waals surface area (Å²) in [4.78, 5) is 10.8. The highest BCUT2D eigenvalue weighted by Crippen LogP contribution is 2.19. The van der Waals surface area contributed by atoms with Crippen molar-refractivity contribution >= 4 is 5.91 Å². The molecular formula is C14H19NO2. The lowest BCUT2D eigenvalue weighted by atomic mass is 10.1. The molecule has 2 radical (unpaired) electrons. The van der Waals surface area contributed by atoms with Gasteiger partial charge in [0.05, 0.1) is 19.6 Å². The number of benzene rings is 1. The molecule has 3 heteroatoms. The van der Waals surface area contributed by atoms with Crippen molar-refractivity contribution in [3.8, 4) is 5.75 Å². The van der Waals surface area contributed by atoms with Crippen LogP contribution in [0, 0.1) is 12.8 Å². The van der Waals surface area contributed by atoms with E-state index < -0.39 is 5.91 Å². The highest BCUT2D eigenvalue weighted by molar-refractivity contribution is 5.80. The molecule has 1 aromatic carbocycles. The number of amides is 1. The van der Waals surface area contributed by atoms with Gasteiger partial charge in [0.15, 0.2) is 0 Å². The number of ether oxygens (including phenoxy) is 1. The molecule has 0 aromatic heterocycles. The van der Waals surface area contributed by atoms with Gasteiger partial charge in [-0.05, 0) is 30.5 Å². The first-order valence-electron chi connectivity index (χ1n) is 5.77. The normalized spacial score (nSPS) is 12.3. The SMILES string of the molecule is [CH]C(=O)NC(C)c1cccc(OCC(C)C)c1. The van der Waals surface area contributed by atoms with E-state index in [-0.39, 0.29) is 6.04 Å². The molecule has 0 saturated heterocycles. The molecule has 1 amide bonds. The van der Waals surface area contributed by atoms with Gasteiger partial charge in [-0.15, -0.1) is 0 Å². The van der Waals surface area contributed by atoms with Gasteiger partial charge < -0.3 is 10.1 Å². The van der Waals surface area contributed by atoms with Gasteiger partial charge in [0.1, 0.15) is 5.75 Å². The Balaban J connectivity index is 2.67. The van der Waals surface area contributed by atoms with E-state index in [1.54, 1.807) is 0 Å². The number of hydrogen-bond acceptors (Lipinski definition) is 2. The molecule has 0 aliphatic rings. The average Bonchev–Trinajstić information content (AvgIpc) is 2.26. The molecule has 1 aromatic rings. The van der Waals surface area contributed by atoms with Crippen LogP contribution in [0.2, 0.25) is 0 Å². The molecule has 1 rings (SSSR count). The summed E-state index contributed by atoms with van der Waals surface area (Å²) < 4.78 is 5.62. The zero-order valence-corrected chi connectivity index (χ0v) is 10.6. The fraction of sp³-hybridized carbons (Fsp3) is 0.429. The molecule has 0 fully saturated rings. The Kier molecular flexibility index (Phi) is 5.01. The maximum absolute atomic E-state index is 10.8. The fourth-order valence-corrected chi connectivity index (χ4v) is 1.43. The van der Waals surface area contributed by atoms with Crippen molar-refractivity contribution in [3.63, 3.8) is 0 Å². The van der Waals surface area contributed by atoms with Gasteiger partial charge in [-0.3, -0.25) is 4.79 Å². The quantitative estimate of drug-likeness (QED) is 0.849. The largest absolute Gasteiger partial charge is 0.493 e. The Morgan fingerprint density at radius 2 is 2.12 bits per heavy atom. The second-order valence-electron chi connectivity index (χ2n) is 4.51. The summed E-state index contributed by atoms with van der Waals surface area (Å²) in [6.45, 7) is 11.8. The lowest BCUT2D eigenvalue weighted by Crippen LogP contribution is -2.23. The summed E-state index contributed by atoms with van der Waals surface area (Å²) in [7, 11) is 0. The average molecular weight is 233 g/mol. The summed E-state index contributed by atoms with van der Waals surface area (Å²) in [5.74, 6) is 0.778. The zero-order valence-electron chi connectivity index (χ0n) is 10.6. The minimum atomic E-state index is -0.522. The minimum Gasteiger partial charge on any atom is -0.493 e. The Labute approximate surface area is 103 Å². The van der Waals surface area contributed by atoms with Crippen LogP contribution in [0.5, 0.6) is 5.75 Å². The third-order valence-corrected chi connectivity index (χ3v) is 2.30. The highest BCUT2D eigenvalue weighted by Gasteiger charge is 2.07. The molecule has 1 N–H and O–H groups in total. The Hall–Kier alpha value is -1.51. The summed E-state index contributed by atoms with van der Waals surface area (Å²) in [5, 5.41) is 2.63. The van der Waals surface area contributed by atoms with E-state index in [1.807, 2.05) is 31.2 Å². The van der Waals surface area contributed by atoms with Crippen LogP contribution in [0.4, 0.5) is 0 Å². The summed E-state index contributed by atoms with van der Waals surface area (Å²) in [5.41, 5.74) is 0.977. The van der Waals surface area contributed by atoms with Crippen molar-refractivity contribution < 1.29 is 9.53 Å². The van der Waals surface area contributed by atoms with Gasteiger partial charge >= 0.3 is 0 Å². The van der Waals surface area contributed by atoms with Crippen LogP contribution in [0.3, 0.4) is 0 Å². The fourth-order valence-electron chi connectivity index (χ4n) is 1.43. The van der Waals surface area contributed by atoms with Crippen LogP contribution in [-0.2, 0) is 4.79 Å². The molecule has 0 aliphatic carbocycles. The predicted molar refractivity (Wildman–Crippen MR) is 67.6 cm³/mol. The van der Waals surface area contributed by atoms with Crippen molar-refractivity contribution in [2.75, 3.05) is 6.61 Å². The number of carbonyl (C=O) groups excluding carboxylic acids is 1. The molecule has 92 valence electrons. The first kappa shape index (κ1) is 13.6. The molecule has 3 nitrogen and oxygen atoms in total. The van der Waals surface area contributed by atoms with Crippen molar-refractivity contribution in [1.82, 2.24) is 5.32 Å². The van der Waals surface area contributed by atoms with Crippen LogP contribution < -0.4 is 10.1 Å². The summed E-state index contributed by atoms with van der Waals surface area (Å²) in [6.07, 6.45) is 0. The van der Waals surface area contributed by atoms with E-state index in [2.05, 4.69) is 19.2 Å². The van der Waals surface area contributed by atoms with E-state index in [0.717, 1.165) is 11.3 Å². The Morgan fingerprint density at radius 1 is 1.41 bits per heavy atom. The second kappa shape index (κ2) is 6.28. The Bertz CT molecular complexity index is 374. The third kappa shape index (κ3) is 4.89. The van der Waals surface area contributed by atoms with Crippen LogP contribution in [0.15, 0.2) is 24.3 Å². The van der Waals surface area contributed by atoms with Gasteiger partial charge in [-0.1, -0.05) is 26.0 Å². The number of hydrogen-bond donors (Lipinski definition) is 1. The molecule has 1 atom stereocenters. The van der Waals surface area contributed by atoms with Crippen molar-refractivity contribution in [2.45, 2.75) is 26.8 Å². The van der Waals surface area contributed by atoms with E-state index in [1.165, 1.54) is 0 Å². The summed E-state index contributed by atoms with van der Waals surface area (Å²) >= 11 is 0. The van der Waals surface area contributed by atoms with Gasteiger partial charge in [-0.25, -0.2) is 0 Å². The van der Waals surface area contributed by atoms with Crippen LogP contribution >= 0.6 is 0 Å². The number of carbonyl (C=O) groups is 1. The third-order valence-electron chi connectivity index (χ3n) is 2.30. The van der Waals surface area contributed by atoms with E-state index in [4.69, 9.17) is 11.7 Å². The number of nitrogens with one attached hydrogen (secondary N) is 1. The van der Waals surface area contributed by atoms with E-state index in [9.17, 15) is 4.79 Å². The van der Waals surface area contributed by atoms with Crippen LogP contribution in [-0.4, -0.2) is 12.5 Å². The van der Waals surface area contributed by atoms with Crippen molar-refractivity contribution in [1.29, 1.82) is 0 Å². The van der Waals surface area contributed by atoms with Crippen LogP contribution in [0.1, 0.15) is 32.4 Å². The van der Waals surface area contributed by atoms with Gasteiger partial charge in [0.2, 0.25) is 5.91 Å². The Morgan fingerprint density at radius 3 is 2.71 bits per heavy atom. The monoisotopic (exact) mass is 233 g/mol. The lowest BCUT2D eigenvalue weighted by Gasteiger charge is -2.15. The maximum Gasteiger partial charge on any atom is 0.225 e. The van der Waals surface area contributed by atoms with Gasteiger partial charge in [0.25, 0.3) is 0 Å². The van der Waals surface area contributed by atoms with E-state index in [0.29, 0.717) is 12.5 Å². The maximum atomic E-state index is 10.8. The van der Waals surface area contributed by atoms with Crippen LogP contribution in [0.25, 0.3) is 0 Å². The van der Waals surface area contributed by atoms with Gasteiger partial charge in [-0.2, -0.15) is 0 Å². The molecule has 0 aliphatic heterocycles. The molecular weight excluding hydrogens is 214 g/mol. The first-order chi connectivity index (χ1) is 7.99. The zero-order chi connectivity index (χ0) is 12.8. The molecule has 0 spiro atoms. The molecule has 17 heavy (non-hydrogen) atoms. The molecule has 1 unspecified atom stereocenters.